The predicted octanol–water partition coefficient (Wildman–Crippen LogP) is 2.95. The van der Waals surface area contributed by atoms with Crippen LogP contribution in [0.15, 0.2) is 43.0 Å². The molecule has 3 aromatic rings. The summed E-state index contributed by atoms with van der Waals surface area (Å²) in [6.07, 6.45) is 8.00. The highest BCUT2D eigenvalue weighted by Gasteiger charge is 2.19. The Bertz CT molecular complexity index is 788. The van der Waals surface area contributed by atoms with Gasteiger partial charge in [-0.3, -0.25) is 4.90 Å². The van der Waals surface area contributed by atoms with Crippen LogP contribution in [0.2, 0.25) is 0 Å². The van der Waals surface area contributed by atoms with Crippen molar-refractivity contribution in [1.82, 2.24) is 24.5 Å². The van der Waals surface area contributed by atoms with Gasteiger partial charge < -0.3 is 0 Å². The summed E-state index contributed by atoms with van der Waals surface area (Å²) in [4.78, 5) is 11.0. The van der Waals surface area contributed by atoms with Gasteiger partial charge in [0.15, 0.2) is 0 Å². The van der Waals surface area contributed by atoms with Crippen molar-refractivity contribution in [3.8, 4) is 11.1 Å². The highest BCUT2D eigenvalue weighted by molar-refractivity contribution is 5.63. The summed E-state index contributed by atoms with van der Waals surface area (Å²) in [6, 6.07) is 9.20. The Kier molecular flexibility index (Phi) is 3.35. The van der Waals surface area contributed by atoms with Gasteiger partial charge in [0.2, 0.25) is 0 Å². The van der Waals surface area contributed by atoms with E-state index in [1.54, 1.807) is 4.52 Å². The van der Waals surface area contributed by atoms with E-state index in [0.29, 0.717) is 11.8 Å². The van der Waals surface area contributed by atoms with E-state index in [1.807, 2.05) is 12.4 Å². The van der Waals surface area contributed by atoms with Crippen LogP contribution in [-0.2, 0) is 0 Å². The lowest BCUT2D eigenvalue weighted by atomic mass is 10.0. The van der Waals surface area contributed by atoms with Crippen LogP contribution < -0.4 is 0 Å². The van der Waals surface area contributed by atoms with E-state index in [2.05, 4.69) is 51.2 Å². The van der Waals surface area contributed by atoms with Gasteiger partial charge in [0.25, 0.3) is 5.78 Å². The molecule has 1 aliphatic heterocycles. The number of fused-ring (bicyclic) bond motifs is 1. The topological polar surface area (TPSA) is 46.3 Å². The maximum Gasteiger partial charge on any atom is 0.252 e. The molecule has 0 spiro atoms. The lowest BCUT2D eigenvalue weighted by Gasteiger charge is -2.24. The fourth-order valence-corrected chi connectivity index (χ4v) is 3.19. The van der Waals surface area contributed by atoms with Crippen molar-refractivity contribution in [2.45, 2.75) is 25.8 Å². The van der Waals surface area contributed by atoms with Crippen LogP contribution >= 0.6 is 0 Å². The molecule has 2 aromatic heterocycles. The van der Waals surface area contributed by atoms with Crippen molar-refractivity contribution >= 4 is 5.78 Å². The fraction of sp³-hybridized carbons (Fsp3) is 0.353. The molecule has 22 heavy (non-hydrogen) atoms. The Morgan fingerprint density at radius 2 is 1.95 bits per heavy atom. The van der Waals surface area contributed by atoms with Gasteiger partial charge in [-0.2, -0.15) is 10.1 Å². The van der Waals surface area contributed by atoms with Crippen LogP contribution in [0.1, 0.15) is 31.4 Å². The first-order valence-electron chi connectivity index (χ1n) is 7.81. The third kappa shape index (κ3) is 2.37. The van der Waals surface area contributed by atoms with Crippen molar-refractivity contribution < 1.29 is 0 Å². The Hall–Kier alpha value is -2.27. The van der Waals surface area contributed by atoms with Gasteiger partial charge in [-0.05, 0) is 50.0 Å². The van der Waals surface area contributed by atoms with E-state index in [0.717, 1.165) is 5.56 Å². The van der Waals surface area contributed by atoms with E-state index in [-0.39, 0.29) is 0 Å². The van der Waals surface area contributed by atoms with E-state index >= 15 is 0 Å². The number of likely N-dealkylation sites (tertiary alicyclic amines) is 1. The average Bonchev–Trinajstić information content (AvgIpc) is 3.25. The zero-order valence-electron chi connectivity index (χ0n) is 12.7. The second-order valence-corrected chi connectivity index (χ2v) is 5.89. The molecule has 1 aromatic carbocycles. The molecule has 3 heterocycles. The van der Waals surface area contributed by atoms with Gasteiger partial charge in [0.1, 0.15) is 6.33 Å². The number of aromatic nitrogens is 4. The number of hydrogen-bond acceptors (Lipinski definition) is 4. The summed E-state index contributed by atoms with van der Waals surface area (Å²) in [6.45, 7) is 4.71. The molecule has 0 unspecified atom stereocenters. The Morgan fingerprint density at radius 1 is 1.09 bits per heavy atom. The number of nitrogens with zero attached hydrogens (tertiary/aromatic N) is 5. The highest BCUT2D eigenvalue weighted by atomic mass is 15.3. The highest BCUT2D eigenvalue weighted by Crippen LogP contribution is 2.28. The molecule has 1 fully saturated rings. The Labute approximate surface area is 129 Å². The molecule has 0 saturated carbocycles. The predicted molar refractivity (Wildman–Crippen MR) is 85.4 cm³/mol. The van der Waals surface area contributed by atoms with Crippen molar-refractivity contribution in [2.24, 2.45) is 0 Å². The van der Waals surface area contributed by atoms with Gasteiger partial charge in [0.05, 0.1) is 0 Å². The SMILES string of the molecule is C[C@H](c1cccc(-c2cnc3ncnn3c2)c1)N1CCCC1. The van der Waals surface area contributed by atoms with Gasteiger partial charge in [-0.15, -0.1) is 0 Å². The zero-order valence-corrected chi connectivity index (χ0v) is 12.7. The van der Waals surface area contributed by atoms with Crippen LogP contribution in [-0.4, -0.2) is 37.6 Å². The molecular weight excluding hydrogens is 274 g/mol. The third-order valence-electron chi connectivity index (χ3n) is 4.53. The number of rotatable bonds is 3. The Morgan fingerprint density at radius 3 is 2.82 bits per heavy atom. The first kappa shape index (κ1) is 13.4. The molecule has 1 saturated heterocycles. The van der Waals surface area contributed by atoms with Crippen LogP contribution in [0.5, 0.6) is 0 Å². The van der Waals surface area contributed by atoms with E-state index in [1.165, 1.54) is 43.4 Å². The standard InChI is InChI=1S/C17H19N5/c1-13(21-7-2-3-8-21)14-5-4-6-15(9-14)16-10-18-17-19-12-20-22(17)11-16/h4-6,9-13H,2-3,7-8H2,1H3/t13-/m1/s1. The summed E-state index contributed by atoms with van der Waals surface area (Å²) in [5, 5.41) is 4.16. The molecular formula is C17H19N5. The molecule has 0 radical (unpaired) electrons. The minimum absolute atomic E-state index is 0.463. The molecule has 0 amide bonds. The van der Waals surface area contributed by atoms with Crippen molar-refractivity contribution in [2.75, 3.05) is 13.1 Å². The smallest absolute Gasteiger partial charge is 0.252 e. The van der Waals surface area contributed by atoms with Gasteiger partial charge >= 0.3 is 0 Å². The maximum absolute atomic E-state index is 4.35. The molecule has 1 aliphatic rings. The molecule has 4 rings (SSSR count). The molecule has 5 heteroatoms. The van der Waals surface area contributed by atoms with Crippen molar-refractivity contribution in [1.29, 1.82) is 0 Å². The van der Waals surface area contributed by atoms with Gasteiger partial charge in [-0.25, -0.2) is 9.50 Å². The largest absolute Gasteiger partial charge is 0.297 e. The van der Waals surface area contributed by atoms with Crippen LogP contribution in [0.25, 0.3) is 16.9 Å². The molecule has 0 N–H and O–H groups in total. The molecule has 5 nitrogen and oxygen atoms in total. The van der Waals surface area contributed by atoms with E-state index in [4.69, 9.17) is 0 Å². The summed E-state index contributed by atoms with van der Waals surface area (Å²) >= 11 is 0. The molecule has 0 bridgehead atoms. The molecule has 1 atom stereocenters. The average molecular weight is 293 g/mol. The number of hydrogen-bond donors (Lipinski definition) is 0. The third-order valence-corrected chi connectivity index (χ3v) is 4.53. The van der Waals surface area contributed by atoms with Gasteiger partial charge in [-0.1, -0.05) is 18.2 Å². The maximum atomic E-state index is 4.35. The summed E-state index contributed by atoms with van der Waals surface area (Å²) in [5.74, 6) is 0.630. The quantitative estimate of drug-likeness (QED) is 0.745. The van der Waals surface area contributed by atoms with E-state index in [9.17, 15) is 0 Å². The second kappa shape index (κ2) is 5.50. The summed E-state index contributed by atoms with van der Waals surface area (Å²) < 4.78 is 1.71. The number of benzene rings is 1. The normalized spacial score (nSPS) is 17.1. The monoisotopic (exact) mass is 293 g/mol. The lowest BCUT2D eigenvalue weighted by molar-refractivity contribution is 0.263. The fourth-order valence-electron chi connectivity index (χ4n) is 3.19. The lowest BCUT2D eigenvalue weighted by Crippen LogP contribution is -2.23. The minimum atomic E-state index is 0.463. The van der Waals surface area contributed by atoms with Crippen molar-refractivity contribution in [3.05, 3.63) is 48.5 Å². The molecule has 112 valence electrons. The van der Waals surface area contributed by atoms with Crippen LogP contribution in [0, 0.1) is 0 Å². The minimum Gasteiger partial charge on any atom is -0.297 e. The van der Waals surface area contributed by atoms with E-state index < -0.39 is 0 Å². The van der Waals surface area contributed by atoms with Gasteiger partial charge in [0, 0.05) is 24.0 Å². The molecule has 0 aliphatic carbocycles. The first-order valence-corrected chi connectivity index (χ1v) is 7.81. The summed E-state index contributed by atoms with van der Waals surface area (Å²) in [7, 11) is 0. The van der Waals surface area contributed by atoms with Crippen LogP contribution in [0.3, 0.4) is 0 Å². The second-order valence-electron chi connectivity index (χ2n) is 5.89. The summed E-state index contributed by atoms with van der Waals surface area (Å²) in [5.41, 5.74) is 3.60. The Balaban J connectivity index is 1.68. The van der Waals surface area contributed by atoms with Crippen LogP contribution in [0.4, 0.5) is 0 Å². The zero-order chi connectivity index (χ0) is 14.9. The van der Waals surface area contributed by atoms with Crippen molar-refractivity contribution in [3.63, 3.8) is 0 Å². The first-order chi connectivity index (χ1) is 10.8.